The highest BCUT2D eigenvalue weighted by atomic mass is 79.9. The van der Waals surface area contributed by atoms with E-state index < -0.39 is 5.97 Å². The van der Waals surface area contributed by atoms with Crippen LogP contribution in [0.4, 0.5) is 0 Å². The van der Waals surface area contributed by atoms with Crippen molar-refractivity contribution in [2.45, 2.75) is 0 Å². The van der Waals surface area contributed by atoms with Crippen LogP contribution in [0.1, 0.15) is 10.4 Å². The molecule has 5 nitrogen and oxygen atoms in total. The van der Waals surface area contributed by atoms with Crippen molar-refractivity contribution in [3.8, 4) is 11.5 Å². The summed E-state index contributed by atoms with van der Waals surface area (Å²) in [4.78, 5) is 16.6. The molecule has 1 aromatic heterocycles. The maximum Gasteiger partial charge on any atom is 0.344 e. The minimum atomic E-state index is -0.457. The number of carbonyl (C=O) groups is 1. The van der Waals surface area contributed by atoms with Gasteiger partial charge in [0.05, 0.1) is 30.0 Å². The zero-order chi connectivity index (χ0) is 15.7. The van der Waals surface area contributed by atoms with Crippen LogP contribution in [0.15, 0.2) is 47.2 Å². The van der Waals surface area contributed by atoms with Crippen molar-refractivity contribution in [2.24, 2.45) is 7.05 Å². The topological polar surface area (TPSA) is 53.4 Å². The van der Waals surface area contributed by atoms with Crippen molar-refractivity contribution in [3.63, 3.8) is 0 Å². The van der Waals surface area contributed by atoms with E-state index in [9.17, 15) is 4.79 Å². The van der Waals surface area contributed by atoms with E-state index in [0.29, 0.717) is 21.5 Å². The number of carbonyl (C=O) groups excluding carboxylic acids is 1. The first-order chi connectivity index (χ1) is 10.6. The largest absolute Gasteiger partial charge is 0.497 e. The lowest BCUT2D eigenvalue weighted by atomic mass is 10.2. The number of methoxy groups -OCH3 is 1. The molecule has 0 amide bonds. The van der Waals surface area contributed by atoms with Gasteiger partial charge in [-0.3, -0.25) is 0 Å². The normalized spacial score (nSPS) is 10.7. The Hall–Kier alpha value is -2.34. The summed E-state index contributed by atoms with van der Waals surface area (Å²) in [5, 5.41) is 0. The summed E-state index contributed by atoms with van der Waals surface area (Å²) < 4.78 is 13.1. The molecule has 0 saturated heterocycles. The van der Waals surface area contributed by atoms with Gasteiger partial charge in [-0.05, 0) is 46.3 Å². The molecule has 3 aromatic rings. The van der Waals surface area contributed by atoms with Crippen LogP contribution in [0.3, 0.4) is 0 Å². The average Bonchev–Trinajstić information content (AvgIpc) is 2.88. The standard InChI is InChI=1S/C16H13BrN2O3/c1-19-9-18-14-8-11(4-6-15(14)19)22-16(20)12-7-10(21-2)3-5-13(12)17/h3-9H,1-2H3. The molecule has 0 saturated carbocycles. The van der Waals surface area contributed by atoms with Gasteiger partial charge >= 0.3 is 5.97 Å². The fraction of sp³-hybridized carbons (Fsp3) is 0.125. The minimum Gasteiger partial charge on any atom is -0.497 e. The number of esters is 1. The predicted octanol–water partition coefficient (Wildman–Crippen LogP) is 3.56. The summed E-state index contributed by atoms with van der Waals surface area (Å²) in [6.07, 6.45) is 1.72. The number of hydrogen-bond acceptors (Lipinski definition) is 4. The zero-order valence-corrected chi connectivity index (χ0v) is 13.6. The molecule has 6 heteroatoms. The Balaban J connectivity index is 1.89. The highest BCUT2D eigenvalue weighted by Crippen LogP contribution is 2.25. The predicted molar refractivity (Wildman–Crippen MR) is 86.4 cm³/mol. The first-order valence-corrected chi connectivity index (χ1v) is 7.34. The Morgan fingerprint density at radius 3 is 2.73 bits per heavy atom. The molecule has 0 aliphatic heterocycles. The number of fused-ring (bicyclic) bond motifs is 1. The SMILES string of the molecule is COc1ccc(Br)c(C(=O)Oc2ccc3c(c2)ncn3C)c1. The van der Waals surface area contributed by atoms with E-state index in [1.165, 1.54) is 0 Å². The third-order valence-corrected chi connectivity index (χ3v) is 3.99. The number of rotatable bonds is 3. The Kier molecular flexibility index (Phi) is 3.85. The van der Waals surface area contributed by atoms with E-state index in [-0.39, 0.29) is 0 Å². The van der Waals surface area contributed by atoms with Crippen LogP contribution in [0.25, 0.3) is 11.0 Å². The van der Waals surface area contributed by atoms with E-state index in [2.05, 4.69) is 20.9 Å². The zero-order valence-electron chi connectivity index (χ0n) is 12.0. The molecule has 2 aromatic carbocycles. The molecule has 0 N–H and O–H groups in total. The monoisotopic (exact) mass is 360 g/mol. The second kappa shape index (κ2) is 5.81. The van der Waals surface area contributed by atoms with Crippen LogP contribution in [-0.2, 0) is 7.05 Å². The van der Waals surface area contributed by atoms with Gasteiger partial charge in [0.2, 0.25) is 0 Å². The number of aryl methyl sites for hydroxylation is 1. The first-order valence-electron chi connectivity index (χ1n) is 6.55. The van der Waals surface area contributed by atoms with Crippen molar-refractivity contribution in [3.05, 3.63) is 52.8 Å². The maximum atomic E-state index is 12.3. The molecule has 0 unspecified atom stereocenters. The van der Waals surface area contributed by atoms with E-state index >= 15 is 0 Å². The van der Waals surface area contributed by atoms with Crippen LogP contribution >= 0.6 is 15.9 Å². The van der Waals surface area contributed by atoms with Crippen LogP contribution in [0, 0.1) is 0 Å². The molecule has 0 spiro atoms. The van der Waals surface area contributed by atoms with Gasteiger partial charge in [-0.1, -0.05) is 0 Å². The lowest BCUT2D eigenvalue weighted by Gasteiger charge is -2.08. The smallest absolute Gasteiger partial charge is 0.344 e. The Labute approximate surface area is 135 Å². The van der Waals surface area contributed by atoms with Crippen molar-refractivity contribution in [1.82, 2.24) is 9.55 Å². The average molecular weight is 361 g/mol. The maximum absolute atomic E-state index is 12.3. The van der Waals surface area contributed by atoms with E-state index in [1.807, 2.05) is 17.7 Å². The van der Waals surface area contributed by atoms with Crippen LogP contribution in [0.5, 0.6) is 11.5 Å². The molecule has 22 heavy (non-hydrogen) atoms. The summed E-state index contributed by atoms with van der Waals surface area (Å²) >= 11 is 3.34. The highest BCUT2D eigenvalue weighted by molar-refractivity contribution is 9.10. The molecule has 0 bridgehead atoms. The number of ether oxygens (including phenoxy) is 2. The number of nitrogens with zero attached hydrogens (tertiary/aromatic N) is 2. The molecule has 0 atom stereocenters. The van der Waals surface area contributed by atoms with Gasteiger partial charge in [0.25, 0.3) is 0 Å². The van der Waals surface area contributed by atoms with Crippen molar-refractivity contribution in [1.29, 1.82) is 0 Å². The fourth-order valence-electron chi connectivity index (χ4n) is 2.13. The number of hydrogen-bond donors (Lipinski definition) is 0. The quantitative estimate of drug-likeness (QED) is 0.529. The molecule has 1 heterocycles. The van der Waals surface area contributed by atoms with E-state index in [4.69, 9.17) is 9.47 Å². The number of benzene rings is 2. The van der Waals surface area contributed by atoms with Gasteiger partial charge in [-0.2, -0.15) is 0 Å². The van der Waals surface area contributed by atoms with Gasteiger partial charge in [-0.25, -0.2) is 9.78 Å². The van der Waals surface area contributed by atoms with Crippen LogP contribution < -0.4 is 9.47 Å². The van der Waals surface area contributed by atoms with Crippen LogP contribution in [0.2, 0.25) is 0 Å². The summed E-state index contributed by atoms with van der Waals surface area (Å²) in [6.45, 7) is 0. The van der Waals surface area contributed by atoms with E-state index in [1.54, 1.807) is 43.8 Å². The summed E-state index contributed by atoms with van der Waals surface area (Å²) in [5.74, 6) is 0.585. The molecule has 0 aliphatic carbocycles. The summed E-state index contributed by atoms with van der Waals surface area (Å²) in [7, 11) is 3.46. The van der Waals surface area contributed by atoms with Gasteiger partial charge in [-0.15, -0.1) is 0 Å². The van der Waals surface area contributed by atoms with Gasteiger partial charge < -0.3 is 14.0 Å². The summed E-state index contributed by atoms with van der Waals surface area (Å²) in [5.41, 5.74) is 2.15. The minimum absolute atomic E-state index is 0.403. The second-order valence-corrected chi connectivity index (χ2v) is 5.60. The van der Waals surface area contributed by atoms with Crippen molar-refractivity contribution in [2.75, 3.05) is 7.11 Å². The van der Waals surface area contributed by atoms with Crippen molar-refractivity contribution < 1.29 is 14.3 Å². The van der Waals surface area contributed by atoms with Crippen LogP contribution in [-0.4, -0.2) is 22.6 Å². The van der Waals surface area contributed by atoms with Gasteiger partial charge in [0, 0.05) is 17.6 Å². The molecule has 0 radical (unpaired) electrons. The number of aromatic nitrogens is 2. The van der Waals surface area contributed by atoms with Gasteiger partial charge in [0.1, 0.15) is 11.5 Å². The lowest BCUT2D eigenvalue weighted by Crippen LogP contribution is -2.09. The first kappa shape index (κ1) is 14.6. The Morgan fingerprint density at radius 2 is 1.95 bits per heavy atom. The Bertz CT molecular complexity index is 858. The highest BCUT2D eigenvalue weighted by Gasteiger charge is 2.14. The molecule has 0 aliphatic rings. The molecular formula is C16H13BrN2O3. The third-order valence-electron chi connectivity index (χ3n) is 3.30. The fourth-order valence-corrected chi connectivity index (χ4v) is 2.54. The van der Waals surface area contributed by atoms with Gasteiger partial charge in [0.15, 0.2) is 0 Å². The number of halogens is 1. The Morgan fingerprint density at radius 1 is 1.18 bits per heavy atom. The van der Waals surface area contributed by atoms with E-state index in [0.717, 1.165) is 11.0 Å². The summed E-state index contributed by atoms with van der Waals surface area (Å²) in [6, 6.07) is 10.5. The lowest BCUT2D eigenvalue weighted by molar-refractivity contribution is 0.0733. The molecule has 0 fully saturated rings. The third kappa shape index (κ3) is 2.69. The second-order valence-electron chi connectivity index (χ2n) is 4.74. The molecular weight excluding hydrogens is 348 g/mol. The number of imidazole rings is 1. The molecule has 3 rings (SSSR count). The van der Waals surface area contributed by atoms with Crippen molar-refractivity contribution >= 4 is 32.9 Å². The molecule has 112 valence electrons.